The molecular formula is C6H14N2O3. The fourth-order valence-electron chi connectivity index (χ4n) is 0.613. The Balaban J connectivity index is 3.45. The van der Waals surface area contributed by atoms with E-state index in [9.17, 15) is 4.79 Å². The molecule has 0 aromatic rings. The Labute approximate surface area is 65.0 Å². The maximum Gasteiger partial charge on any atom is 0.320 e. The fourth-order valence-corrected chi connectivity index (χ4v) is 0.613. The third kappa shape index (κ3) is 4.72. The molecule has 11 heavy (non-hydrogen) atoms. The molecule has 5 nitrogen and oxygen atoms in total. The first-order valence-electron chi connectivity index (χ1n) is 3.44. The normalized spacial score (nSPS) is 15.9. The number of carbonyl (C=O) groups is 1. The number of carboxylic acid groups (broad SMARTS) is 1. The lowest BCUT2D eigenvalue weighted by Gasteiger charge is -2.09. The van der Waals surface area contributed by atoms with Crippen LogP contribution in [-0.2, 0) is 4.79 Å². The predicted molar refractivity (Wildman–Crippen MR) is 39.9 cm³/mol. The molecule has 0 bridgehead atoms. The summed E-state index contributed by atoms with van der Waals surface area (Å²) in [6.45, 7) is 0.145. The summed E-state index contributed by atoms with van der Waals surface area (Å²) < 4.78 is 0. The van der Waals surface area contributed by atoms with Crippen molar-refractivity contribution in [2.75, 3.05) is 6.54 Å². The Kier molecular flexibility index (Phi) is 4.76. The van der Waals surface area contributed by atoms with Crippen molar-refractivity contribution in [3.8, 4) is 0 Å². The van der Waals surface area contributed by atoms with Crippen molar-refractivity contribution in [3.63, 3.8) is 0 Å². The molecule has 5 heteroatoms. The molecule has 1 unspecified atom stereocenters. The van der Waals surface area contributed by atoms with Crippen LogP contribution in [0.4, 0.5) is 0 Å². The average molecular weight is 162 g/mol. The van der Waals surface area contributed by atoms with Crippen LogP contribution in [0.1, 0.15) is 12.8 Å². The highest BCUT2D eigenvalue weighted by Gasteiger charge is 2.12. The fraction of sp³-hybridized carbons (Fsp3) is 0.833. The Hall–Kier alpha value is -0.650. The summed E-state index contributed by atoms with van der Waals surface area (Å²) in [5, 5.41) is 17.2. The molecule has 0 aromatic carbocycles. The molecule has 0 aliphatic rings. The van der Waals surface area contributed by atoms with Crippen molar-refractivity contribution in [3.05, 3.63) is 0 Å². The Morgan fingerprint density at radius 1 is 1.45 bits per heavy atom. The van der Waals surface area contributed by atoms with Gasteiger partial charge in [-0.25, -0.2) is 0 Å². The number of aliphatic hydroxyl groups excluding tert-OH is 1. The van der Waals surface area contributed by atoms with Crippen LogP contribution in [-0.4, -0.2) is 34.9 Å². The van der Waals surface area contributed by atoms with E-state index in [2.05, 4.69) is 0 Å². The largest absolute Gasteiger partial charge is 0.480 e. The summed E-state index contributed by atoms with van der Waals surface area (Å²) in [5.74, 6) is -1.05. The van der Waals surface area contributed by atoms with Gasteiger partial charge in [-0.15, -0.1) is 0 Å². The lowest BCUT2D eigenvalue weighted by atomic mass is 10.1. The molecule has 0 aliphatic heterocycles. The predicted octanol–water partition coefficient (Wildman–Crippen LogP) is -1.50. The highest BCUT2D eigenvalue weighted by atomic mass is 16.4. The highest BCUT2D eigenvalue weighted by Crippen LogP contribution is 1.98. The van der Waals surface area contributed by atoms with Crippen molar-refractivity contribution >= 4 is 5.97 Å². The van der Waals surface area contributed by atoms with E-state index < -0.39 is 18.1 Å². The summed E-state index contributed by atoms with van der Waals surface area (Å²) in [7, 11) is 0. The molecule has 66 valence electrons. The van der Waals surface area contributed by atoms with E-state index in [1.165, 1.54) is 0 Å². The number of nitrogens with two attached hydrogens (primary N) is 2. The summed E-state index contributed by atoms with van der Waals surface area (Å²) in [4.78, 5) is 10.2. The number of hydrogen-bond donors (Lipinski definition) is 4. The molecule has 0 heterocycles. The molecular weight excluding hydrogens is 148 g/mol. The molecule has 2 atom stereocenters. The van der Waals surface area contributed by atoms with Crippen LogP contribution in [0.2, 0.25) is 0 Å². The molecule has 0 fully saturated rings. The zero-order valence-electron chi connectivity index (χ0n) is 6.23. The maximum absolute atomic E-state index is 10.2. The van der Waals surface area contributed by atoms with E-state index in [-0.39, 0.29) is 13.0 Å². The lowest BCUT2D eigenvalue weighted by molar-refractivity contribution is -0.138. The minimum absolute atomic E-state index is 0.145. The zero-order valence-corrected chi connectivity index (χ0v) is 6.23. The molecule has 0 amide bonds. The van der Waals surface area contributed by atoms with E-state index >= 15 is 0 Å². The smallest absolute Gasteiger partial charge is 0.320 e. The van der Waals surface area contributed by atoms with Crippen LogP contribution in [0, 0.1) is 0 Å². The maximum atomic E-state index is 10.2. The van der Waals surface area contributed by atoms with Gasteiger partial charge in [0.1, 0.15) is 6.04 Å². The molecule has 0 saturated carbocycles. The summed E-state index contributed by atoms with van der Waals surface area (Å²) in [6.07, 6.45) is -0.0436. The van der Waals surface area contributed by atoms with E-state index in [4.69, 9.17) is 21.7 Å². The zero-order chi connectivity index (χ0) is 8.85. The van der Waals surface area contributed by atoms with Gasteiger partial charge in [0.25, 0.3) is 0 Å². The monoisotopic (exact) mass is 162 g/mol. The number of hydrogen-bond acceptors (Lipinski definition) is 4. The van der Waals surface area contributed by atoms with Crippen LogP contribution in [0.15, 0.2) is 0 Å². The van der Waals surface area contributed by atoms with Gasteiger partial charge in [-0.2, -0.15) is 0 Å². The number of rotatable bonds is 5. The molecule has 0 aliphatic carbocycles. The van der Waals surface area contributed by atoms with Crippen molar-refractivity contribution in [1.29, 1.82) is 0 Å². The van der Waals surface area contributed by atoms with Gasteiger partial charge < -0.3 is 21.7 Å². The van der Waals surface area contributed by atoms with Crippen LogP contribution < -0.4 is 11.5 Å². The van der Waals surface area contributed by atoms with Crippen molar-refractivity contribution < 1.29 is 15.0 Å². The molecule has 6 N–H and O–H groups in total. The SMILES string of the molecule is NCC(O)CC[C@@H](N)C(=O)O. The second-order valence-electron chi connectivity index (χ2n) is 2.41. The van der Waals surface area contributed by atoms with Crippen molar-refractivity contribution in [1.82, 2.24) is 0 Å². The van der Waals surface area contributed by atoms with Gasteiger partial charge in [-0.1, -0.05) is 0 Å². The van der Waals surface area contributed by atoms with Crippen LogP contribution in [0.3, 0.4) is 0 Å². The first-order chi connectivity index (χ1) is 5.07. The molecule has 0 aromatic heterocycles. The van der Waals surface area contributed by atoms with Crippen molar-refractivity contribution in [2.24, 2.45) is 11.5 Å². The summed E-state index contributed by atoms with van der Waals surface area (Å²) >= 11 is 0. The Morgan fingerprint density at radius 3 is 2.36 bits per heavy atom. The second kappa shape index (κ2) is 5.06. The Bertz CT molecular complexity index is 129. The first-order valence-corrected chi connectivity index (χ1v) is 3.44. The summed E-state index contributed by atoms with van der Waals surface area (Å²) in [6, 6.07) is -0.892. The minimum atomic E-state index is -1.05. The number of aliphatic hydroxyl groups is 1. The van der Waals surface area contributed by atoms with Crippen LogP contribution >= 0.6 is 0 Å². The van der Waals surface area contributed by atoms with Gasteiger partial charge in [0.2, 0.25) is 0 Å². The highest BCUT2D eigenvalue weighted by molar-refractivity contribution is 5.72. The quantitative estimate of drug-likeness (QED) is 0.393. The molecule has 0 rings (SSSR count). The minimum Gasteiger partial charge on any atom is -0.480 e. The Morgan fingerprint density at radius 2 is 2.00 bits per heavy atom. The van der Waals surface area contributed by atoms with E-state index in [1.54, 1.807) is 0 Å². The average Bonchev–Trinajstić information content (AvgIpc) is 1.99. The van der Waals surface area contributed by atoms with E-state index in [0.717, 1.165) is 0 Å². The van der Waals surface area contributed by atoms with Gasteiger partial charge >= 0.3 is 5.97 Å². The third-order valence-electron chi connectivity index (χ3n) is 1.40. The van der Waals surface area contributed by atoms with Gasteiger partial charge in [0.05, 0.1) is 6.10 Å². The lowest BCUT2D eigenvalue weighted by Crippen LogP contribution is -2.32. The topological polar surface area (TPSA) is 110 Å². The standard InChI is InChI=1S/C6H14N2O3/c7-3-4(9)1-2-5(8)6(10)11/h4-5,9H,1-3,7-8H2,(H,10,11)/t4?,5-/m1/s1. The third-order valence-corrected chi connectivity index (χ3v) is 1.40. The van der Waals surface area contributed by atoms with Gasteiger partial charge in [-0.3, -0.25) is 4.79 Å². The van der Waals surface area contributed by atoms with Crippen LogP contribution in [0.5, 0.6) is 0 Å². The van der Waals surface area contributed by atoms with Gasteiger partial charge in [0, 0.05) is 6.54 Å². The molecule has 0 saturated heterocycles. The van der Waals surface area contributed by atoms with Crippen molar-refractivity contribution in [2.45, 2.75) is 25.0 Å². The molecule has 0 radical (unpaired) electrons. The van der Waals surface area contributed by atoms with Gasteiger partial charge in [0.15, 0.2) is 0 Å². The second-order valence-corrected chi connectivity index (χ2v) is 2.41. The van der Waals surface area contributed by atoms with Crippen LogP contribution in [0.25, 0.3) is 0 Å². The molecule has 0 spiro atoms. The summed E-state index contributed by atoms with van der Waals surface area (Å²) in [5.41, 5.74) is 10.3. The first kappa shape index (κ1) is 10.3. The van der Waals surface area contributed by atoms with Gasteiger partial charge in [-0.05, 0) is 12.8 Å². The van der Waals surface area contributed by atoms with E-state index in [0.29, 0.717) is 6.42 Å². The number of aliphatic carboxylic acids is 1. The van der Waals surface area contributed by atoms with E-state index in [1.807, 2.05) is 0 Å². The number of carboxylic acids is 1.